The first-order chi connectivity index (χ1) is 12.4. The first kappa shape index (κ1) is 21.3. The van der Waals surface area contributed by atoms with E-state index in [2.05, 4.69) is 40.2 Å². The van der Waals surface area contributed by atoms with Crippen LogP contribution in [0.1, 0.15) is 5.56 Å². The van der Waals surface area contributed by atoms with Gasteiger partial charge >= 0.3 is 0 Å². The molecule has 0 amide bonds. The number of benzene rings is 1. The third-order valence-corrected chi connectivity index (χ3v) is 4.53. The van der Waals surface area contributed by atoms with Gasteiger partial charge in [0.2, 0.25) is 0 Å². The lowest BCUT2D eigenvalue weighted by Gasteiger charge is -2.27. The van der Waals surface area contributed by atoms with Crippen molar-refractivity contribution in [1.82, 2.24) is 14.9 Å². The topological polar surface area (TPSA) is 38.2 Å². The van der Waals surface area contributed by atoms with Crippen LogP contribution in [0.15, 0.2) is 67.1 Å². The Morgan fingerprint density at radius 1 is 0.852 bits per heavy atom. The molecule has 0 saturated carbocycles. The summed E-state index contributed by atoms with van der Waals surface area (Å²) in [6, 6.07) is 16.7. The third kappa shape index (κ3) is 5.27. The Morgan fingerprint density at radius 2 is 1.56 bits per heavy atom. The van der Waals surface area contributed by atoms with Crippen LogP contribution < -0.4 is 0 Å². The standard InChI is InChI=1S/C21H21N3O.2ClH/c1-2-4-17(5-3-1)19-14-20(16-24-10-12-25-13-11-24)21(23-15-19)18-6-8-22-9-7-18;;/h1-9,14-15H,10-13,16H2;2*1H. The number of halogens is 2. The summed E-state index contributed by atoms with van der Waals surface area (Å²) in [6.45, 7) is 4.41. The molecule has 0 N–H and O–H groups in total. The van der Waals surface area contributed by atoms with E-state index >= 15 is 0 Å². The van der Waals surface area contributed by atoms with Crippen molar-refractivity contribution in [2.75, 3.05) is 26.3 Å². The van der Waals surface area contributed by atoms with Gasteiger partial charge in [0, 0.05) is 49.4 Å². The number of pyridine rings is 2. The Kier molecular flexibility index (Phi) is 8.20. The molecule has 1 aliphatic rings. The molecule has 27 heavy (non-hydrogen) atoms. The number of aromatic nitrogens is 2. The average molecular weight is 404 g/mol. The summed E-state index contributed by atoms with van der Waals surface area (Å²) >= 11 is 0. The summed E-state index contributed by atoms with van der Waals surface area (Å²) < 4.78 is 5.48. The van der Waals surface area contributed by atoms with Crippen molar-refractivity contribution >= 4 is 24.8 Å². The SMILES string of the molecule is Cl.Cl.c1ccc(-c2cnc(-c3ccncc3)c(CN3CCOCC3)c2)cc1. The van der Waals surface area contributed by atoms with E-state index in [1.807, 2.05) is 36.8 Å². The quantitative estimate of drug-likeness (QED) is 0.643. The van der Waals surface area contributed by atoms with Crippen LogP contribution in [0.5, 0.6) is 0 Å². The normalized spacial score (nSPS) is 14.1. The lowest BCUT2D eigenvalue weighted by molar-refractivity contribution is 0.0342. The Hall–Kier alpha value is -1.98. The second-order valence-corrected chi connectivity index (χ2v) is 6.22. The van der Waals surface area contributed by atoms with Crippen molar-refractivity contribution < 1.29 is 4.74 Å². The van der Waals surface area contributed by atoms with Gasteiger partial charge in [-0.15, -0.1) is 24.8 Å². The number of hydrogen-bond acceptors (Lipinski definition) is 4. The highest BCUT2D eigenvalue weighted by atomic mass is 35.5. The molecule has 4 rings (SSSR count). The maximum Gasteiger partial charge on any atom is 0.0748 e. The van der Waals surface area contributed by atoms with Crippen LogP contribution in [0, 0.1) is 0 Å². The fraction of sp³-hybridized carbons (Fsp3) is 0.238. The summed E-state index contributed by atoms with van der Waals surface area (Å²) in [4.78, 5) is 11.4. The van der Waals surface area contributed by atoms with Crippen molar-refractivity contribution in [1.29, 1.82) is 0 Å². The number of ether oxygens (including phenoxy) is 1. The Balaban J connectivity index is 0.00000131. The van der Waals surface area contributed by atoms with E-state index in [9.17, 15) is 0 Å². The van der Waals surface area contributed by atoms with E-state index in [0.717, 1.165) is 49.7 Å². The van der Waals surface area contributed by atoms with E-state index in [1.54, 1.807) is 0 Å². The second-order valence-electron chi connectivity index (χ2n) is 6.22. The molecule has 0 aliphatic carbocycles. The number of morpholine rings is 1. The van der Waals surface area contributed by atoms with E-state index in [-0.39, 0.29) is 24.8 Å². The highest BCUT2D eigenvalue weighted by Crippen LogP contribution is 2.27. The van der Waals surface area contributed by atoms with Crippen molar-refractivity contribution in [3.05, 3.63) is 72.7 Å². The lowest BCUT2D eigenvalue weighted by Crippen LogP contribution is -2.35. The predicted octanol–water partition coefficient (Wildman–Crippen LogP) is 4.49. The van der Waals surface area contributed by atoms with Gasteiger partial charge in [-0.3, -0.25) is 14.9 Å². The molecule has 4 nitrogen and oxygen atoms in total. The molecule has 1 aromatic carbocycles. The summed E-state index contributed by atoms with van der Waals surface area (Å²) in [6.07, 6.45) is 5.61. The Bertz CT molecular complexity index is 825. The van der Waals surface area contributed by atoms with Gasteiger partial charge in [-0.25, -0.2) is 0 Å². The lowest BCUT2D eigenvalue weighted by atomic mass is 10.0. The van der Waals surface area contributed by atoms with Crippen molar-refractivity contribution in [2.45, 2.75) is 6.54 Å². The van der Waals surface area contributed by atoms with Gasteiger partial charge in [0.25, 0.3) is 0 Å². The first-order valence-electron chi connectivity index (χ1n) is 8.65. The molecule has 3 aromatic rings. The Labute approximate surface area is 172 Å². The molecule has 0 unspecified atom stereocenters. The monoisotopic (exact) mass is 403 g/mol. The third-order valence-electron chi connectivity index (χ3n) is 4.53. The maximum atomic E-state index is 5.48. The molecule has 1 saturated heterocycles. The molecule has 3 heterocycles. The highest BCUT2D eigenvalue weighted by molar-refractivity contribution is 5.85. The molecule has 142 valence electrons. The summed E-state index contributed by atoms with van der Waals surface area (Å²) in [5, 5.41) is 0. The zero-order chi connectivity index (χ0) is 16.9. The van der Waals surface area contributed by atoms with Crippen LogP contribution in [0.4, 0.5) is 0 Å². The molecule has 1 aliphatic heterocycles. The van der Waals surface area contributed by atoms with Crippen LogP contribution in [-0.2, 0) is 11.3 Å². The second kappa shape index (κ2) is 10.4. The summed E-state index contributed by atoms with van der Waals surface area (Å²) in [7, 11) is 0. The van der Waals surface area contributed by atoms with Gasteiger partial charge in [0.05, 0.1) is 18.9 Å². The summed E-state index contributed by atoms with van der Waals surface area (Å²) in [5.74, 6) is 0. The van der Waals surface area contributed by atoms with Gasteiger partial charge in [0.15, 0.2) is 0 Å². The van der Waals surface area contributed by atoms with Crippen molar-refractivity contribution in [3.63, 3.8) is 0 Å². The van der Waals surface area contributed by atoms with Crippen LogP contribution in [0.25, 0.3) is 22.4 Å². The van der Waals surface area contributed by atoms with Gasteiger partial charge in [0.1, 0.15) is 0 Å². The molecule has 2 aromatic heterocycles. The minimum absolute atomic E-state index is 0. The van der Waals surface area contributed by atoms with Crippen LogP contribution in [-0.4, -0.2) is 41.2 Å². The zero-order valence-electron chi connectivity index (χ0n) is 15.0. The molecular weight excluding hydrogens is 381 g/mol. The maximum absolute atomic E-state index is 5.48. The first-order valence-corrected chi connectivity index (χ1v) is 8.65. The molecule has 0 radical (unpaired) electrons. The predicted molar refractivity (Wildman–Crippen MR) is 113 cm³/mol. The van der Waals surface area contributed by atoms with Crippen LogP contribution in [0.3, 0.4) is 0 Å². The number of rotatable bonds is 4. The highest BCUT2D eigenvalue weighted by Gasteiger charge is 2.15. The minimum atomic E-state index is 0. The molecule has 1 fully saturated rings. The van der Waals surface area contributed by atoms with E-state index in [4.69, 9.17) is 9.72 Å². The van der Waals surface area contributed by atoms with Crippen LogP contribution in [0.2, 0.25) is 0 Å². The molecule has 0 bridgehead atoms. The fourth-order valence-corrected chi connectivity index (χ4v) is 3.19. The zero-order valence-corrected chi connectivity index (χ0v) is 16.6. The Morgan fingerprint density at radius 3 is 2.26 bits per heavy atom. The molecule has 0 atom stereocenters. The smallest absolute Gasteiger partial charge is 0.0748 e. The molecular formula is C21H23Cl2N3O. The fourth-order valence-electron chi connectivity index (χ4n) is 3.19. The van der Waals surface area contributed by atoms with Crippen molar-refractivity contribution in [3.8, 4) is 22.4 Å². The minimum Gasteiger partial charge on any atom is -0.379 e. The van der Waals surface area contributed by atoms with Gasteiger partial charge in [-0.1, -0.05) is 30.3 Å². The van der Waals surface area contributed by atoms with Gasteiger partial charge in [-0.05, 0) is 29.3 Å². The van der Waals surface area contributed by atoms with Crippen molar-refractivity contribution in [2.24, 2.45) is 0 Å². The number of nitrogens with zero attached hydrogens (tertiary/aromatic N) is 3. The average Bonchev–Trinajstić information content (AvgIpc) is 2.70. The van der Waals surface area contributed by atoms with Gasteiger partial charge in [-0.2, -0.15) is 0 Å². The van der Waals surface area contributed by atoms with E-state index in [1.165, 1.54) is 11.1 Å². The molecule has 6 heteroatoms. The van der Waals surface area contributed by atoms with Crippen LogP contribution >= 0.6 is 24.8 Å². The van der Waals surface area contributed by atoms with E-state index < -0.39 is 0 Å². The largest absolute Gasteiger partial charge is 0.379 e. The molecule has 0 spiro atoms. The number of hydrogen-bond donors (Lipinski definition) is 0. The van der Waals surface area contributed by atoms with E-state index in [0.29, 0.717) is 0 Å². The van der Waals surface area contributed by atoms with Gasteiger partial charge < -0.3 is 4.74 Å². The summed E-state index contributed by atoms with van der Waals surface area (Å²) in [5.41, 5.74) is 5.74.